The van der Waals surface area contributed by atoms with Gasteiger partial charge >= 0.3 is 6.09 Å². The molecule has 0 aliphatic rings. The lowest BCUT2D eigenvalue weighted by atomic mass is 9.89. The van der Waals surface area contributed by atoms with Gasteiger partial charge in [0.25, 0.3) is 0 Å². The molecule has 3 unspecified atom stereocenters. The minimum absolute atomic E-state index is 0.0503. The third-order valence-corrected chi connectivity index (χ3v) is 7.13. The molecular formula is C33H49N3O4. The van der Waals surface area contributed by atoms with E-state index in [1.54, 1.807) is 25.7 Å². The van der Waals surface area contributed by atoms with Gasteiger partial charge in [-0.2, -0.15) is 0 Å². The molecule has 40 heavy (non-hydrogen) atoms. The number of nitrogens with zero attached hydrogens (tertiary/aromatic N) is 1. The zero-order valence-corrected chi connectivity index (χ0v) is 25.8. The molecule has 2 N–H and O–H groups in total. The maximum atomic E-state index is 14.7. The van der Waals surface area contributed by atoms with Crippen LogP contribution in [0, 0.1) is 6.92 Å². The standard InChI is InChI=1S/C33H49N3O4/c1-10-17-24(4)34-29(37)28(26-21-16-15-18-23(26)3)36(33(8,9)11-2)30(38)27(22-25-19-13-12-14-20-25)35-31(39)40-32(5,6)7/h12-16,18-21,24,27-28H,10-11,17,22H2,1-9H3,(H,34,37)(H,35,39). The zero-order chi connectivity index (χ0) is 30.1. The van der Waals surface area contributed by atoms with Crippen LogP contribution in [0.1, 0.15) is 97.4 Å². The lowest BCUT2D eigenvalue weighted by Crippen LogP contribution is -2.60. The number of aryl methyl sites for hydroxylation is 1. The molecule has 2 aromatic carbocycles. The van der Waals surface area contributed by atoms with Crippen molar-refractivity contribution in [1.29, 1.82) is 0 Å². The third kappa shape index (κ3) is 9.39. The van der Waals surface area contributed by atoms with Crippen LogP contribution in [0.4, 0.5) is 4.79 Å². The van der Waals surface area contributed by atoms with E-state index in [1.807, 2.05) is 89.2 Å². The van der Waals surface area contributed by atoms with Crippen molar-refractivity contribution in [3.05, 3.63) is 71.3 Å². The molecule has 2 rings (SSSR count). The van der Waals surface area contributed by atoms with Crippen LogP contribution in [0.3, 0.4) is 0 Å². The van der Waals surface area contributed by atoms with E-state index >= 15 is 0 Å². The highest BCUT2D eigenvalue weighted by Crippen LogP contribution is 2.34. The topological polar surface area (TPSA) is 87.7 Å². The number of hydrogen-bond donors (Lipinski definition) is 2. The van der Waals surface area contributed by atoms with Gasteiger partial charge in [-0.25, -0.2) is 4.79 Å². The molecule has 0 saturated carbocycles. The normalized spacial score (nSPS) is 14.0. The van der Waals surface area contributed by atoms with Gasteiger partial charge < -0.3 is 20.3 Å². The van der Waals surface area contributed by atoms with E-state index < -0.39 is 29.3 Å². The maximum absolute atomic E-state index is 14.7. The summed E-state index contributed by atoms with van der Waals surface area (Å²) in [6.45, 7) is 17.3. The molecule has 0 aliphatic heterocycles. The van der Waals surface area contributed by atoms with E-state index in [4.69, 9.17) is 4.74 Å². The van der Waals surface area contributed by atoms with E-state index in [0.717, 1.165) is 29.5 Å². The summed E-state index contributed by atoms with van der Waals surface area (Å²) in [7, 11) is 0. The van der Waals surface area contributed by atoms with E-state index in [2.05, 4.69) is 17.6 Å². The summed E-state index contributed by atoms with van der Waals surface area (Å²) in [5.74, 6) is -0.575. The maximum Gasteiger partial charge on any atom is 0.408 e. The minimum atomic E-state index is -0.949. The van der Waals surface area contributed by atoms with Crippen molar-refractivity contribution in [1.82, 2.24) is 15.5 Å². The molecule has 0 aliphatic carbocycles. The number of rotatable bonds is 12. The lowest BCUT2D eigenvalue weighted by Gasteiger charge is -2.45. The number of nitrogens with one attached hydrogen (secondary N) is 2. The average molecular weight is 552 g/mol. The molecule has 0 fully saturated rings. The number of carbonyl (C=O) groups excluding carboxylic acids is 3. The molecule has 0 saturated heterocycles. The van der Waals surface area contributed by atoms with Gasteiger partial charge in [0.05, 0.1) is 0 Å². The zero-order valence-electron chi connectivity index (χ0n) is 25.8. The largest absolute Gasteiger partial charge is 0.444 e. The van der Waals surface area contributed by atoms with Gasteiger partial charge in [-0.05, 0) is 78.0 Å². The van der Waals surface area contributed by atoms with E-state index in [-0.39, 0.29) is 24.3 Å². The Hall–Kier alpha value is -3.35. The first-order valence-electron chi connectivity index (χ1n) is 14.4. The van der Waals surface area contributed by atoms with E-state index in [0.29, 0.717) is 6.42 Å². The van der Waals surface area contributed by atoms with Crippen molar-refractivity contribution in [2.45, 2.75) is 117 Å². The summed E-state index contributed by atoms with van der Waals surface area (Å²) in [5.41, 5.74) is 1.12. The van der Waals surface area contributed by atoms with Gasteiger partial charge in [0.15, 0.2) is 0 Å². The second-order valence-corrected chi connectivity index (χ2v) is 12.2. The van der Waals surface area contributed by atoms with Crippen molar-refractivity contribution in [3.63, 3.8) is 0 Å². The monoisotopic (exact) mass is 551 g/mol. The fourth-order valence-electron chi connectivity index (χ4n) is 4.73. The van der Waals surface area contributed by atoms with Crippen LogP contribution < -0.4 is 10.6 Å². The number of carbonyl (C=O) groups is 3. The summed E-state index contributed by atoms with van der Waals surface area (Å²) in [5, 5.41) is 5.99. The van der Waals surface area contributed by atoms with Crippen molar-refractivity contribution in [2.24, 2.45) is 0 Å². The Morgan fingerprint density at radius 3 is 2.05 bits per heavy atom. The molecule has 0 spiro atoms. The molecule has 7 heteroatoms. The van der Waals surface area contributed by atoms with Gasteiger partial charge in [-0.15, -0.1) is 0 Å². The molecule has 220 valence electrons. The van der Waals surface area contributed by atoms with Crippen molar-refractivity contribution < 1.29 is 19.1 Å². The molecule has 0 radical (unpaired) electrons. The number of benzene rings is 2. The molecule has 0 aromatic heterocycles. The van der Waals surface area contributed by atoms with Gasteiger partial charge in [-0.1, -0.05) is 74.9 Å². The first-order valence-corrected chi connectivity index (χ1v) is 14.4. The van der Waals surface area contributed by atoms with Gasteiger partial charge in [-0.3, -0.25) is 9.59 Å². The van der Waals surface area contributed by atoms with Crippen molar-refractivity contribution in [2.75, 3.05) is 0 Å². The first-order chi connectivity index (χ1) is 18.7. The van der Waals surface area contributed by atoms with Crippen LogP contribution in [-0.4, -0.2) is 46.0 Å². The SMILES string of the molecule is CCCC(C)NC(=O)C(c1ccccc1C)N(C(=O)C(Cc1ccccc1)NC(=O)OC(C)(C)C)C(C)(C)CC. The summed E-state index contributed by atoms with van der Waals surface area (Å²) in [6.07, 6.45) is 1.93. The van der Waals surface area contributed by atoms with Crippen LogP contribution in [0.2, 0.25) is 0 Å². The van der Waals surface area contributed by atoms with Crippen LogP contribution in [0.15, 0.2) is 54.6 Å². The highest BCUT2D eigenvalue weighted by atomic mass is 16.6. The molecule has 0 bridgehead atoms. The third-order valence-electron chi connectivity index (χ3n) is 7.13. The van der Waals surface area contributed by atoms with E-state index in [1.165, 1.54) is 0 Å². The predicted octanol–water partition coefficient (Wildman–Crippen LogP) is 6.49. The number of amides is 3. The lowest BCUT2D eigenvalue weighted by molar-refractivity contribution is -0.149. The summed E-state index contributed by atoms with van der Waals surface area (Å²) in [4.78, 5) is 43.4. The Balaban J connectivity index is 2.66. The predicted molar refractivity (Wildman–Crippen MR) is 161 cm³/mol. The second kappa shape index (κ2) is 14.3. The molecule has 2 aromatic rings. The molecule has 3 atom stereocenters. The Kier molecular flexibility index (Phi) is 11.8. The van der Waals surface area contributed by atoms with Crippen LogP contribution >= 0.6 is 0 Å². The fourth-order valence-corrected chi connectivity index (χ4v) is 4.73. The highest BCUT2D eigenvalue weighted by Gasteiger charge is 2.43. The Labute approximate surface area is 241 Å². The molecule has 7 nitrogen and oxygen atoms in total. The van der Waals surface area contributed by atoms with E-state index in [9.17, 15) is 14.4 Å². The van der Waals surface area contributed by atoms with Crippen molar-refractivity contribution >= 4 is 17.9 Å². The van der Waals surface area contributed by atoms with Crippen LogP contribution in [0.25, 0.3) is 0 Å². The number of alkyl carbamates (subject to hydrolysis) is 1. The Morgan fingerprint density at radius 1 is 0.900 bits per heavy atom. The highest BCUT2D eigenvalue weighted by molar-refractivity contribution is 5.93. The minimum Gasteiger partial charge on any atom is -0.444 e. The molecular weight excluding hydrogens is 502 g/mol. The average Bonchev–Trinajstić information content (AvgIpc) is 2.86. The number of ether oxygens (including phenoxy) is 1. The Morgan fingerprint density at radius 2 is 1.50 bits per heavy atom. The summed E-state index contributed by atoms with van der Waals surface area (Å²) in [6, 6.07) is 15.3. The first kappa shape index (κ1) is 32.9. The quantitative estimate of drug-likeness (QED) is 0.315. The van der Waals surface area contributed by atoms with Crippen LogP contribution in [-0.2, 0) is 20.7 Å². The van der Waals surface area contributed by atoms with Crippen molar-refractivity contribution in [3.8, 4) is 0 Å². The smallest absolute Gasteiger partial charge is 0.408 e. The fraction of sp³-hybridized carbons (Fsp3) is 0.545. The second-order valence-electron chi connectivity index (χ2n) is 12.2. The van der Waals surface area contributed by atoms with Gasteiger partial charge in [0.2, 0.25) is 11.8 Å². The number of hydrogen-bond acceptors (Lipinski definition) is 4. The van der Waals surface area contributed by atoms with Gasteiger partial charge in [0, 0.05) is 18.0 Å². The Bertz CT molecular complexity index is 1120. The van der Waals surface area contributed by atoms with Gasteiger partial charge in [0.1, 0.15) is 17.7 Å². The summed E-state index contributed by atoms with van der Waals surface area (Å²) < 4.78 is 5.54. The molecule has 0 heterocycles. The summed E-state index contributed by atoms with van der Waals surface area (Å²) >= 11 is 0. The van der Waals surface area contributed by atoms with Crippen LogP contribution in [0.5, 0.6) is 0 Å². The molecule has 3 amide bonds.